The maximum atomic E-state index is 9.41. The van der Waals surface area contributed by atoms with Crippen molar-refractivity contribution < 1.29 is 9.84 Å². The number of thioether (sulfide) groups is 1. The van der Waals surface area contributed by atoms with Gasteiger partial charge in [-0.15, -0.1) is 11.8 Å². The van der Waals surface area contributed by atoms with Crippen LogP contribution >= 0.6 is 27.7 Å². The van der Waals surface area contributed by atoms with Gasteiger partial charge < -0.3 is 9.84 Å². The molecule has 0 amide bonds. The molecule has 1 atom stereocenters. The van der Waals surface area contributed by atoms with Crippen LogP contribution in [0.2, 0.25) is 0 Å². The van der Waals surface area contributed by atoms with Gasteiger partial charge >= 0.3 is 0 Å². The van der Waals surface area contributed by atoms with Gasteiger partial charge in [-0.2, -0.15) is 0 Å². The SMILES string of the molecule is COCCSc1ccc(C(C)O)cc1Br. The van der Waals surface area contributed by atoms with Gasteiger partial charge in [0.2, 0.25) is 0 Å². The van der Waals surface area contributed by atoms with Gasteiger partial charge in [-0.3, -0.25) is 0 Å². The summed E-state index contributed by atoms with van der Waals surface area (Å²) in [4.78, 5) is 1.18. The van der Waals surface area contributed by atoms with Gasteiger partial charge in [0.1, 0.15) is 0 Å². The second-order valence-corrected chi connectivity index (χ2v) is 5.20. The molecule has 0 bridgehead atoms. The minimum Gasteiger partial charge on any atom is -0.389 e. The highest BCUT2D eigenvalue weighted by molar-refractivity contribution is 9.10. The van der Waals surface area contributed by atoms with E-state index in [0.29, 0.717) is 0 Å². The van der Waals surface area contributed by atoms with Crippen LogP contribution < -0.4 is 0 Å². The fourth-order valence-corrected chi connectivity index (χ4v) is 2.70. The van der Waals surface area contributed by atoms with E-state index in [1.54, 1.807) is 25.8 Å². The third-order valence-electron chi connectivity index (χ3n) is 1.98. The fraction of sp³-hybridized carbons (Fsp3) is 0.455. The van der Waals surface area contributed by atoms with Gasteiger partial charge in [-0.05, 0) is 40.5 Å². The number of hydrogen-bond donors (Lipinski definition) is 1. The van der Waals surface area contributed by atoms with Gasteiger partial charge in [0.25, 0.3) is 0 Å². The first-order chi connectivity index (χ1) is 7.15. The lowest BCUT2D eigenvalue weighted by molar-refractivity contribution is 0.199. The van der Waals surface area contributed by atoms with Crippen molar-refractivity contribution in [1.29, 1.82) is 0 Å². The molecule has 0 saturated carbocycles. The van der Waals surface area contributed by atoms with Crippen LogP contribution in [-0.4, -0.2) is 24.6 Å². The molecule has 4 heteroatoms. The monoisotopic (exact) mass is 290 g/mol. The van der Waals surface area contributed by atoms with Crippen molar-refractivity contribution in [1.82, 2.24) is 0 Å². The first-order valence-corrected chi connectivity index (χ1v) is 6.52. The molecule has 15 heavy (non-hydrogen) atoms. The maximum Gasteiger partial charge on any atom is 0.0762 e. The number of hydrogen-bond acceptors (Lipinski definition) is 3. The third kappa shape index (κ3) is 4.15. The molecule has 0 aromatic heterocycles. The highest BCUT2D eigenvalue weighted by Crippen LogP contribution is 2.29. The normalized spacial score (nSPS) is 12.8. The van der Waals surface area contributed by atoms with Gasteiger partial charge in [-0.25, -0.2) is 0 Å². The Morgan fingerprint density at radius 3 is 2.80 bits per heavy atom. The average Bonchev–Trinajstić information content (AvgIpc) is 2.20. The van der Waals surface area contributed by atoms with Crippen molar-refractivity contribution in [2.45, 2.75) is 17.9 Å². The number of benzene rings is 1. The van der Waals surface area contributed by atoms with Crippen molar-refractivity contribution >= 4 is 27.7 Å². The first kappa shape index (κ1) is 13.0. The highest BCUT2D eigenvalue weighted by atomic mass is 79.9. The number of aliphatic hydroxyl groups excluding tert-OH is 1. The number of methoxy groups -OCH3 is 1. The summed E-state index contributed by atoms with van der Waals surface area (Å²) in [5, 5.41) is 9.41. The van der Waals surface area contributed by atoms with Crippen LogP contribution in [0.3, 0.4) is 0 Å². The summed E-state index contributed by atoms with van der Waals surface area (Å²) >= 11 is 5.23. The summed E-state index contributed by atoms with van der Waals surface area (Å²) in [6.07, 6.45) is -0.417. The molecule has 1 unspecified atom stereocenters. The molecule has 0 radical (unpaired) electrons. The first-order valence-electron chi connectivity index (χ1n) is 4.74. The van der Waals surface area contributed by atoms with Crippen molar-refractivity contribution in [3.8, 4) is 0 Å². The van der Waals surface area contributed by atoms with E-state index in [9.17, 15) is 5.11 Å². The highest BCUT2D eigenvalue weighted by Gasteiger charge is 2.05. The lowest BCUT2D eigenvalue weighted by Crippen LogP contribution is -1.93. The average molecular weight is 291 g/mol. The molecule has 0 aliphatic rings. The van der Waals surface area contributed by atoms with Gasteiger partial charge in [0, 0.05) is 22.2 Å². The van der Waals surface area contributed by atoms with E-state index < -0.39 is 6.10 Å². The molecule has 1 aromatic carbocycles. The van der Waals surface area contributed by atoms with Crippen LogP contribution in [0.5, 0.6) is 0 Å². The molecule has 2 nitrogen and oxygen atoms in total. The van der Waals surface area contributed by atoms with Gasteiger partial charge in [0.15, 0.2) is 0 Å². The summed E-state index contributed by atoms with van der Waals surface area (Å²) < 4.78 is 6.02. The van der Waals surface area contributed by atoms with E-state index in [2.05, 4.69) is 15.9 Å². The molecule has 0 fully saturated rings. The zero-order valence-electron chi connectivity index (χ0n) is 8.87. The quantitative estimate of drug-likeness (QED) is 0.667. The Labute approximate surface area is 103 Å². The van der Waals surface area contributed by atoms with Crippen LogP contribution in [0, 0.1) is 0 Å². The Hall–Kier alpha value is -0.0300. The summed E-state index contributed by atoms with van der Waals surface area (Å²) in [5.41, 5.74) is 0.929. The van der Waals surface area contributed by atoms with E-state index >= 15 is 0 Å². The summed E-state index contributed by atoms with van der Waals surface area (Å²) in [5.74, 6) is 0.934. The lowest BCUT2D eigenvalue weighted by atomic mass is 10.1. The van der Waals surface area contributed by atoms with Crippen molar-refractivity contribution in [3.05, 3.63) is 28.2 Å². The smallest absolute Gasteiger partial charge is 0.0762 e. The minimum atomic E-state index is -0.417. The van der Waals surface area contributed by atoms with Crippen LogP contribution in [0.4, 0.5) is 0 Å². The van der Waals surface area contributed by atoms with Gasteiger partial charge in [-0.1, -0.05) is 6.07 Å². The Morgan fingerprint density at radius 1 is 1.53 bits per heavy atom. The number of ether oxygens (including phenoxy) is 1. The van der Waals surface area contributed by atoms with Crippen LogP contribution in [0.15, 0.2) is 27.6 Å². The Morgan fingerprint density at radius 2 is 2.27 bits per heavy atom. The zero-order valence-corrected chi connectivity index (χ0v) is 11.3. The third-order valence-corrected chi connectivity index (χ3v) is 3.94. The second-order valence-electron chi connectivity index (χ2n) is 3.21. The van der Waals surface area contributed by atoms with Crippen molar-refractivity contribution in [3.63, 3.8) is 0 Å². The van der Waals surface area contributed by atoms with E-state index in [0.717, 1.165) is 22.4 Å². The van der Waals surface area contributed by atoms with E-state index in [1.165, 1.54) is 4.90 Å². The van der Waals surface area contributed by atoms with E-state index in [-0.39, 0.29) is 0 Å². The standard InChI is InChI=1S/C11H15BrO2S/c1-8(13)9-3-4-11(10(12)7-9)15-6-5-14-2/h3-4,7-8,13H,5-6H2,1-2H3. The predicted molar refractivity (Wildman–Crippen MR) is 67.4 cm³/mol. The second kappa shape index (κ2) is 6.53. The van der Waals surface area contributed by atoms with Crippen molar-refractivity contribution in [2.75, 3.05) is 19.5 Å². The van der Waals surface area contributed by atoms with Crippen molar-refractivity contribution in [2.24, 2.45) is 0 Å². The number of rotatable bonds is 5. The topological polar surface area (TPSA) is 29.5 Å². The summed E-state index contributed by atoms with van der Waals surface area (Å²) in [7, 11) is 1.70. The molecular formula is C11H15BrO2S. The molecule has 1 N–H and O–H groups in total. The molecule has 0 saturated heterocycles. The predicted octanol–water partition coefficient (Wildman–Crippen LogP) is 3.24. The summed E-state index contributed by atoms with van der Waals surface area (Å²) in [6.45, 7) is 2.51. The molecule has 1 aromatic rings. The molecule has 0 spiro atoms. The molecular weight excluding hydrogens is 276 g/mol. The minimum absolute atomic E-state index is 0.417. The molecule has 84 valence electrons. The Balaban J connectivity index is 2.66. The zero-order chi connectivity index (χ0) is 11.3. The number of aliphatic hydroxyl groups is 1. The van der Waals surface area contributed by atoms with E-state index in [1.807, 2.05) is 18.2 Å². The van der Waals surface area contributed by atoms with Crippen LogP contribution in [0.1, 0.15) is 18.6 Å². The summed E-state index contributed by atoms with van der Waals surface area (Å²) in [6, 6.07) is 5.93. The van der Waals surface area contributed by atoms with E-state index in [4.69, 9.17) is 4.74 Å². The Bertz CT molecular complexity index is 315. The fourth-order valence-electron chi connectivity index (χ4n) is 1.13. The lowest BCUT2D eigenvalue weighted by Gasteiger charge is -2.08. The number of halogens is 1. The van der Waals surface area contributed by atoms with Crippen LogP contribution in [-0.2, 0) is 4.74 Å². The maximum absolute atomic E-state index is 9.41. The molecule has 1 rings (SSSR count). The van der Waals surface area contributed by atoms with Gasteiger partial charge in [0.05, 0.1) is 12.7 Å². The molecule has 0 heterocycles. The Kier molecular flexibility index (Phi) is 5.68. The molecule has 0 aliphatic heterocycles. The van der Waals surface area contributed by atoms with Crippen LogP contribution in [0.25, 0.3) is 0 Å². The largest absolute Gasteiger partial charge is 0.389 e. The molecule has 0 aliphatic carbocycles.